The minimum atomic E-state index is 0.414. The van der Waals surface area contributed by atoms with Crippen molar-refractivity contribution >= 4 is 5.90 Å². The van der Waals surface area contributed by atoms with E-state index in [-0.39, 0.29) is 0 Å². The van der Waals surface area contributed by atoms with Crippen LogP contribution in [0.25, 0.3) is 0 Å². The van der Waals surface area contributed by atoms with Crippen molar-refractivity contribution in [1.82, 2.24) is 0 Å². The Morgan fingerprint density at radius 3 is 2.85 bits per heavy atom. The summed E-state index contributed by atoms with van der Waals surface area (Å²) in [5, 5.41) is 0. The molecule has 0 aromatic carbocycles. The van der Waals surface area contributed by atoms with E-state index in [0.29, 0.717) is 5.41 Å². The Bertz CT molecular complexity index is 264. The summed E-state index contributed by atoms with van der Waals surface area (Å²) < 4.78 is 5.60. The molecule has 0 aromatic heterocycles. The Labute approximate surface area is 78.7 Å². The fourth-order valence-corrected chi connectivity index (χ4v) is 1.57. The SMILES string of the molecule is CC/C(=C/N)C1=NCC2(CC2)CO1. The van der Waals surface area contributed by atoms with Crippen LogP contribution in [0.4, 0.5) is 0 Å². The largest absolute Gasteiger partial charge is 0.477 e. The maximum absolute atomic E-state index is 5.60. The molecule has 2 N–H and O–H groups in total. The standard InChI is InChI=1S/C10H16N2O/c1-2-8(5-11)9-12-6-10(3-4-10)7-13-9/h5H,2-4,6-7,11H2,1H3/b8-5-. The molecule has 0 atom stereocenters. The van der Waals surface area contributed by atoms with Crippen molar-refractivity contribution in [3.8, 4) is 0 Å². The van der Waals surface area contributed by atoms with Gasteiger partial charge in [0.1, 0.15) is 0 Å². The van der Waals surface area contributed by atoms with Crippen LogP contribution < -0.4 is 5.73 Å². The first-order valence-corrected chi connectivity index (χ1v) is 4.88. The number of nitrogens with zero attached hydrogens (tertiary/aromatic N) is 1. The normalized spacial score (nSPS) is 25.3. The molecule has 1 spiro atoms. The van der Waals surface area contributed by atoms with E-state index >= 15 is 0 Å². The molecule has 1 aliphatic carbocycles. The Hall–Kier alpha value is -0.990. The number of aliphatic imine (C=N–C) groups is 1. The first-order valence-electron chi connectivity index (χ1n) is 4.88. The number of hydrogen-bond acceptors (Lipinski definition) is 3. The van der Waals surface area contributed by atoms with Gasteiger partial charge < -0.3 is 10.5 Å². The molecule has 1 saturated carbocycles. The van der Waals surface area contributed by atoms with Crippen LogP contribution in [-0.2, 0) is 4.74 Å². The van der Waals surface area contributed by atoms with E-state index in [1.54, 1.807) is 6.20 Å². The second-order valence-electron chi connectivity index (χ2n) is 3.96. The molecule has 13 heavy (non-hydrogen) atoms. The van der Waals surface area contributed by atoms with Gasteiger partial charge in [0.2, 0.25) is 5.90 Å². The third-order valence-electron chi connectivity index (χ3n) is 2.89. The van der Waals surface area contributed by atoms with Crippen molar-refractivity contribution < 1.29 is 4.74 Å². The summed E-state index contributed by atoms with van der Waals surface area (Å²) in [5.41, 5.74) is 6.91. The van der Waals surface area contributed by atoms with Gasteiger partial charge in [0, 0.05) is 17.2 Å². The molecule has 0 aromatic rings. The number of nitrogens with two attached hydrogens (primary N) is 1. The highest BCUT2D eigenvalue weighted by Gasteiger charge is 2.45. The molecule has 0 saturated heterocycles. The fraction of sp³-hybridized carbons (Fsp3) is 0.700. The van der Waals surface area contributed by atoms with E-state index in [1.807, 2.05) is 0 Å². The number of ether oxygens (including phenoxy) is 1. The maximum atomic E-state index is 5.60. The molecule has 1 heterocycles. The molecular weight excluding hydrogens is 164 g/mol. The Morgan fingerprint density at radius 1 is 1.69 bits per heavy atom. The lowest BCUT2D eigenvalue weighted by atomic mass is 10.1. The lowest BCUT2D eigenvalue weighted by Gasteiger charge is -2.22. The third kappa shape index (κ3) is 1.55. The van der Waals surface area contributed by atoms with E-state index in [4.69, 9.17) is 10.5 Å². The van der Waals surface area contributed by atoms with Crippen molar-refractivity contribution in [3.63, 3.8) is 0 Å². The van der Waals surface area contributed by atoms with Crippen LogP contribution in [-0.4, -0.2) is 19.0 Å². The highest BCUT2D eigenvalue weighted by atomic mass is 16.5. The molecule has 2 aliphatic rings. The van der Waals surface area contributed by atoms with Crippen LogP contribution in [0.5, 0.6) is 0 Å². The van der Waals surface area contributed by atoms with Crippen LogP contribution in [0.1, 0.15) is 26.2 Å². The van der Waals surface area contributed by atoms with E-state index in [9.17, 15) is 0 Å². The number of hydrogen-bond donors (Lipinski definition) is 1. The topological polar surface area (TPSA) is 47.6 Å². The molecule has 0 radical (unpaired) electrons. The summed E-state index contributed by atoms with van der Waals surface area (Å²) in [5.74, 6) is 0.766. The Balaban J connectivity index is 2.05. The zero-order chi connectivity index (χ0) is 9.31. The van der Waals surface area contributed by atoms with Gasteiger partial charge in [-0.1, -0.05) is 6.92 Å². The van der Waals surface area contributed by atoms with E-state index in [0.717, 1.165) is 31.0 Å². The van der Waals surface area contributed by atoms with Gasteiger partial charge in [-0.2, -0.15) is 0 Å². The molecule has 72 valence electrons. The monoisotopic (exact) mass is 180 g/mol. The van der Waals surface area contributed by atoms with Crippen molar-refractivity contribution in [3.05, 3.63) is 11.8 Å². The van der Waals surface area contributed by atoms with Gasteiger partial charge in [-0.25, -0.2) is 0 Å². The molecule has 0 unspecified atom stereocenters. The second kappa shape index (κ2) is 3.05. The van der Waals surface area contributed by atoms with E-state index < -0.39 is 0 Å². The maximum Gasteiger partial charge on any atom is 0.213 e. The van der Waals surface area contributed by atoms with Gasteiger partial charge in [0.25, 0.3) is 0 Å². The van der Waals surface area contributed by atoms with Gasteiger partial charge >= 0.3 is 0 Å². The van der Waals surface area contributed by atoms with E-state index in [1.165, 1.54) is 12.8 Å². The zero-order valence-corrected chi connectivity index (χ0v) is 8.05. The molecule has 0 bridgehead atoms. The lowest BCUT2D eigenvalue weighted by Crippen LogP contribution is -2.25. The van der Waals surface area contributed by atoms with Gasteiger partial charge in [0.05, 0.1) is 13.2 Å². The van der Waals surface area contributed by atoms with Crippen LogP contribution in [0.15, 0.2) is 16.8 Å². The van der Waals surface area contributed by atoms with Crippen molar-refractivity contribution in [2.24, 2.45) is 16.1 Å². The summed E-state index contributed by atoms with van der Waals surface area (Å²) in [6.07, 6.45) is 5.04. The predicted molar refractivity (Wildman–Crippen MR) is 52.5 cm³/mol. The summed E-state index contributed by atoms with van der Waals surface area (Å²) >= 11 is 0. The second-order valence-corrected chi connectivity index (χ2v) is 3.96. The van der Waals surface area contributed by atoms with E-state index in [2.05, 4.69) is 11.9 Å². The van der Waals surface area contributed by atoms with Gasteiger partial charge in [-0.15, -0.1) is 0 Å². The highest BCUT2D eigenvalue weighted by molar-refractivity contribution is 5.93. The third-order valence-corrected chi connectivity index (χ3v) is 2.89. The van der Waals surface area contributed by atoms with Crippen molar-refractivity contribution in [1.29, 1.82) is 0 Å². The molecular formula is C10H16N2O. The first kappa shape index (κ1) is 8.60. The first-order chi connectivity index (χ1) is 6.29. The average molecular weight is 180 g/mol. The summed E-state index contributed by atoms with van der Waals surface area (Å²) in [4.78, 5) is 4.43. The minimum absolute atomic E-state index is 0.414. The predicted octanol–water partition coefficient (Wildman–Crippen LogP) is 1.45. The average Bonchev–Trinajstić information content (AvgIpc) is 2.91. The van der Waals surface area contributed by atoms with Crippen molar-refractivity contribution in [2.45, 2.75) is 26.2 Å². The molecule has 3 heteroatoms. The molecule has 3 nitrogen and oxygen atoms in total. The summed E-state index contributed by atoms with van der Waals surface area (Å²) in [6, 6.07) is 0. The van der Waals surface area contributed by atoms with Crippen LogP contribution in [0.3, 0.4) is 0 Å². The quantitative estimate of drug-likeness (QED) is 0.699. The van der Waals surface area contributed by atoms with Crippen LogP contribution in [0, 0.1) is 5.41 Å². The molecule has 0 amide bonds. The van der Waals surface area contributed by atoms with Gasteiger partial charge in [-0.05, 0) is 19.3 Å². The molecule has 1 fully saturated rings. The van der Waals surface area contributed by atoms with Gasteiger partial charge in [0.15, 0.2) is 0 Å². The highest BCUT2D eigenvalue weighted by Crippen LogP contribution is 2.47. The minimum Gasteiger partial charge on any atom is -0.477 e. The zero-order valence-electron chi connectivity index (χ0n) is 8.05. The summed E-state index contributed by atoms with van der Waals surface area (Å²) in [6.45, 7) is 3.83. The van der Waals surface area contributed by atoms with Crippen LogP contribution >= 0.6 is 0 Å². The molecule has 2 rings (SSSR count). The summed E-state index contributed by atoms with van der Waals surface area (Å²) in [7, 11) is 0. The van der Waals surface area contributed by atoms with Gasteiger partial charge in [-0.3, -0.25) is 4.99 Å². The van der Waals surface area contributed by atoms with Crippen LogP contribution in [0.2, 0.25) is 0 Å². The smallest absolute Gasteiger partial charge is 0.213 e. The lowest BCUT2D eigenvalue weighted by molar-refractivity contribution is 0.206. The van der Waals surface area contributed by atoms with Crippen molar-refractivity contribution in [2.75, 3.05) is 13.2 Å². The fourth-order valence-electron chi connectivity index (χ4n) is 1.57. The molecule has 1 aliphatic heterocycles. The Morgan fingerprint density at radius 2 is 2.46 bits per heavy atom. The Kier molecular flexibility index (Phi) is 2.02. The number of rotatable bonds is 2.